The number of rotatable bonds is 7. The molecular formula is C32H34N2O. The topological polar surface area (TPSA) is 23.6 Å². The number of nitrogens with zero attached hydrogens (tertiary/aromatic N) is 2. The van der Waals surface area contributed by atoms with Gasteiger partial charge in [0.15, 0.2) is 0 Å². The highest BCUT2D eigenvalue weighted by molar-refractivity contribution is 5.78. The van der Waals surface area contributed by atoms with E-state index in [2.05, 4.69) is 107 Å². The van der Waals surface area contributed by atoms with Crippen molar-refractivity contribution in [3.8, 4) is 0 Å². The minimum Gasteiger partial charge on any atom is -0.340 e. The van der Waals surface area contributed by atoms with Crippen molar-refractivity contribution in [2.75, 3.05) is 26.2 Å². The predicted octanol–water partition coefficient (Wildman–Crippen LogP) is 6.37. The minimum atomic E-state index is 0.0826. The van der Waals surface area contributed by atoms with Gasteiger partial charge in [-0.15, -0.1) is 0 Å². The van der Waals surface area contributed by atoms with E-state index in [1.165, 1.54) is 22.3 Å². The average Bonchev–Trinajstić information content (AvgIpc) is 2.94. The van der Waals surface area contributed by atoms with Crippen LogP contribution in [0.3, 0.4) is 0 Å². The Labute approximate surface area is 209 Å². The van der Waals surface area contributed by atoms with Crippen LogP contribution in [0.5, 0.6) is 0 Å². The number of carbonyl (C=O) groups is 1. The third-order valence-corrected chi connectivity index (χ3v) is 7.33. The molecule has 1 atom stereocenters. The summed E-state index contributed by atoms with van der Waals surface area (Å²) >= 11 is 0. The molecular weight excluding hydrogens is 428 g/mol. The smallest absolute Gasteiger partial charge is 0.223 e. The molecule has 1 amide bonds. The van der Waals surface area contributed by atoms with Crippen molar-refractivity contribution in [3.63, 3.8) is 0 Å². The molecule has 0 radical (unpaired) electrons. The lowest BCUT2D eigenvalue weighted by Gasteiger charge is -2.41. The Morgan fingerprint density at radius 3 is 1.77 bits per heavy atom. The maximum absolute atomic E-state index is 13.5. The summed E-state index contributed by atoms with van der Waals surface area (Å²) in [4.78, 5) is 18.1. The van der Waals surface area contributed by atoms with Gasteiger partial charge in [0, 0.05) is 38.5 Å². The molecule has 0 aromatic heterocycles. The fourth-order valence-electron chi connectivity index (χ4n) is 5.48. The van der Waals surface area contributed by atoms with E-state index < -0.39 is 0 Å². The molecule has 35 heavy (non-hydrogen) atoms. The van der Waals surface area contributed by atoms with Crippen molar-refractivity contribution in [1.82, 2.24) is 9.80 Å². The molecule has 3 nitrogen and oxygen atoms in total. The quantitative estimate of drug-likeness (QED) is 0.407. The lowest BCUT2D eigenvalue weighted by atomic mass is 9.88. The van der Waals surface area contributed by atoms with Crippen LogP contribution in [0.15, 0.2) is 115 Å². The van der Waals surface area contributed by atoms with Crippen molar-refractivity contribution < 1.29 is 4.79 Å². The SMILES string of the molecule is O=C(CC(c1ccccc1)c1ccccc1)N1CCN(C(C2=CC=CCC2)c2ccccc2)CC1. The molecule has 1 fully saturated rings. The largest absolute Gasteiger partial charge is 0.340 e. The van der Waals surface area contributed by atoms with Crippen molar-refractivity contribution in [1.29, 1.82) is 0 Å². The molecule has 1 aliphatic heterocycles. The first-order valence-corrected chi connectivity index (χ1v) is 12.8. The van der Waals surface area contributed by atoms with Gasteiger partial charge in [-0.25, -0.2) is 0 Å². The second-order valence-corrected chi connectivity index (χ2v) is 9.52. The zero-order valence-electron chi connectivity index (χ0n) is 20.3. The summed E-state index contributed by atoms with van der Waals surface area (Å²) in [6, 6.07) is 32.0. The Morgan fingerprint density at radius 1 is 0.714 bits per heavy atom. The molecule has 0 spiro atoms. The first-order valence-electron chi connectivity index (χ1n) is 12.8. The molecule has 178 valence electrons. The number of amides is 1. The van der Waals surface area contributed by atoms with Gasteiger partial charge in [0.25, 0.3) is 0 Å². The van der Waals surface area contributed by atoms with E-state index in [-0.39, 0.29) is 11.8 Å². The lowest BCUT2D eigenvalue weighted by molar-refractivity contribution is -0.133. The first kappa shape index (κ1) is 23.3. The second kappa shape index (κ2) is 11.3. The van der Waals surface area contributed by atoms with Crippen LogP contribution in [-0.2, 0) is 4.79 Å². The van der Waals surface area contributed by atoms with E-state index in [9.17, 15) is 4.79 Å². The van der Waals surface area contributed by atoms with Crippen LogP contribution in [-0.4, -0.2) is 41.9 Å². The third kappa shape index (κ3) is 5.63. The van der Waals surface area contributed by atoms with E-state index in [0.29, 0.717) is 12.5 Å². The molecule has 1 unspecified atom stereocenters. The number of allylic oxidation sites excluding steroid dienone is 3. The van der Waals surface area contributed by atoms with E-state index in [0.717, 1.165) is 39.0 Å². The first-order chi connectivity index (χ1) is 17.3. The van der Waals surface area contributed by atoms with Gasteiger partial charge in [-0.2, -0.15) is 0 Å². The van der Waals surface area contributed by atoms with Gasteiger partial charge in [0.1, 0.15) is 0 Å². The Balaban J connectivity index is 1.29. The molecule has 2 aliphatic rings. The fraction of sp³-hybridized carbons (Fsp3) is 0.281. The van der Waals surface area contributed by atoms with E-state index >= 15 is 0 Å². The molecule has 3 heteroatoms. The van der Waals surface area contributed by atoms with Crippen molar-refractivity contribution in [2.45, 2.75) is 31.2 Å². The van der Waals surface area contributed by atoms with Gasteiger partial charge in [-0.1, -0.05) is 109 Å². The molecule has 0 N–H and O–H groups in total. The fourth-order valence-corrected chi connectivity index (χ4v) is 5.48. The van der Waals surface area contributed by atoms with Gasteiger partial charge in [-0.05, 0) is 35.1 Å². The van der Waals surface area contributed by atoms with Crippen molar-refractivity contribution in [3.05, 3.63) is 131 Å². The number of hydrogen-bond donors (Lipinski definition) is 0. The Bertz CT molecular complexity index is 1110. The zero-order chi connectivity index (χ0) is 23.9. The standard InChI is InChI=1S/C32H34N2O/c35-31(25-30(26-13-5-1-6-14-26)27-15-7-2-8-16-27)33-21-23-34(24-22-33)32(28-17-9-3-10-18-28)29-19-11-4-12-20-29/h1-11,13-19,30,32H,12,20-25H2. The lowest BCUT2D eigenvalue weighted by Crippen LogP contribution is -2.50. The highest BCUT2D eigenvalue weighted by atomic mass is 16.2. The van der Waals surface area contributed by atoms with Crippen molar-refractivity contribution in [2.24, 2.45) is 0 Å². The summed E-state index contributed by atoms with van der Waals surface area (Å²) in [6.45, 7) is 3.35. The zero-order valence-corrected chi connectivity index (χ0v) is 20.3. The van der Waals surface area contributed by atoms with Crippen LogP contribution in [0.2, 0.25) is 0 Å². The molecule has 1 heterocycles. The molecule has 3 aromatic carbocycles. The minimum absolute atomic E-state index is 0.0826. The Morgan fingerprint density at radius 2 is 1.26 bits per heavy atom. The maximum atomic E-state index is 13.5. The van der Waals surface area contributed by atoms with Gasteiger partial charge in [0.05, 0.1) is 6.04 Å². The van der Waals surface area contributed by atoms with Gasteiger partial charge < -0.3 is 4.90 Å². The molecule has 3 aromatic rings. The molecule has 1 aliphatic carbocycles. The van der Waals surface area contributed by atoms with Crippen LogP contribution < -0.4 is 0 Å². The molecule has 0 bridgehead atoms. The second-order valence-electron chi connectivity index (χ2n) is 9.52. The summed E-state index contributed by atoms with van der Waals surface area (Å²) < 4.78 is 0. The molecule has 1 saturated heterocycles. The molecule has 0 saturated carbocycles. The van der Waals surface area contributed by atoms with E-state index in [1.807, 2.05) is 12.1 Å². The Hall–Kier alpha value is -3.43. The molecule has 5 rings (SSSR count). The van der Waals surface area contributed by atoms with Crippen LogP contribution in [0, 0.1) is 0 Å². The number of piperazine rings is 1. The normalized spacial score (nSPS) is 17.3. The number of carbonyl (C=O) groups excluding carboxylic acids is 1. The number of benzene rings is 3. The van der Waals surface area contributed by atoms with Gasteiger partial charge >= 0.3 is 0 Å². The maximum Gasteiger partial charge on any atom is 0.223 e. The van der Waals surface area contributed by atoms with E-state index in [1.54, 1.807) is 0 Å². The monoisotopic (exact) mass is 462 g/mol. The highest BCUT2D eigenvalue weighted by Crippen LogP contribution is 2.34. The third-order valence-electron chi connectivity index (χ3n) is 7.33. The Kier molecular flexibility index (Phi) is 7.55. The average molecular weight is 463 g/mol. The van der Waals surface area contributed by atoms with E-state index in [4.69, 9.17) is 0 Å². The predicted molar refractivity (Wildman–Crippen MR) is 143 cm³/mol. The summed E-state index contributed by atoms with van der Waals surface area (Å²) in [5.41, 5.74) is 5.23. The van der Waals surface area contributed by atoms with Gasteiger partial charge in [0.2, 0.25) is 5.91 Å². The van der Waals surface area contributed by atoms with Crippen LogP contribution >= 0.6 is 0 Å². The summed E-state index contributed by atoms with van der Waals surface area (Å²) in [5.74, 6) is 0.331. The van der Waals surface area contributed by atoms with Crippen LogP contribution in [0.4, 0.5) is 0 Å². The van der Waals surface area contributed by atoms with Crippen LogP contribution in [0.25, 0.3) is 0 Å². The number of hydrogen-bond acceptors (Lipinski definition) is 2. The summed E-state index contributed by atoms with van der Waals surface area (Å²) in [6.07, 6.45) is 9.45. The summed E-state index contributed by atoms with van der Waals surface area (Å²) in [7, 11) is 0. The highest BCUT2D eigenvalue weighted by Gasteiger charge is 2.30. The summed E-state index contributed by atoms with van der Waals surface area (Å²) in [5, 5.41) is 0. The van der Waals surface area contributed by atoms with Gasteiger partial charge in [-0.3, -0.25) is 9.69 Å². The van der Waals surface area contributed by atoms with Crippen molar-refractivity contribution >= 4 is 5.91 Å². The van der Waals surface area contributed by atoms with Crippen LogP contribution in [0.1, 0.15) is 47.9 Å².